The number of nitrogens with one attached hydrogen (secondary N) is 1. The first-order chi connectivity index (χ1) is 8.23. The Morgan fingerprint density at radius 2 is 2.00 bits per heavy atom. The normalized spacial score (nSPS) is 35.3. The van der Waals surface area contributed by atoms with Crippen molar-refractivity contribution in [2.45, 2.75) is 51.2 Å². The van der Waals surface area contributed by atoms with Crippen LogP contribution in [0.4, 0.5) is 0 Å². The molecule has 5 nitrogen and oxygen atoms in total. The number of piperidine rings is 1. The lowest BCUT2D eigenvalue weighted by atomic mass is 9.89. The van der Waals surface area contributed by atoms with Crippen LogP contribution in [0.2, 0.25) is 0 Å². The molecule has 0 bridgehead atoms. The van der Waals surface area contributed by atoms with Crippen molar-refractivity contribution in [2.24, 2.45) is 11.8 Å². The van der Waals surface area contributed by atoms with Gasteiger partial charge in [0.15, 0.2) is 0 Å². The summed E-state index contributed by atoms with van der Waals surface area (Å²) in [6.45, 7) is 6.19. The van der Waals surface area contributed by atoms with Crippen LogP contribution in [0.5, 0.6) is 0 Å². The monoisotopic (exact) mass is 255 g/mol. The summed E-state index contributed by atoms with van der Waals surface area (Å²) in [6.07, 6.45) is 1.87. The van der Waals surface area contributed by atoms with Crippen LogP contribution in [-0.2, 0) is 14.3 Å². The molecular weight excluding hydrogens is 234 g/mol. The Bertz CT molecular complexity index is 374. The van der Waals surface area contributed by atoms with E-state index in [4.69, 9.17) is 9.84 Å². The van der Waals surface area contributed by atoms with Gasteiger partial charge in [-0.05, 0) is 46.6 Å². The molecule has 3 atom stereocenters. The number of hydrogen-bond donors (Lipinski definition) is 2. The van der Waals surface area contributed by atoms with Gasteiger partial charge in [-0.15, -0.1) is 0 Å². The Morgan fingerprint density at radius 3 is 2.56 bits per heavy atom. The lowest BCUT2D eigenvalue weighted by molar-refractivity contribution is -0.157. The number of esters is 1. The highest BCUT2D eigenvalue weighted by atomic mass is 16.6. The first kappa shape index (κ1) is 13.3. The fourth-order valence-corrected chi connectivity index (χ4v) is 2.73. The molecule has 0 aromatic heterocycles. The Balaban J connectivity index is 1.96. The molecule has 2 rings (SSSR count). The van der Waals surface area contributed by atoms with Gasteiger partial charge in [-0.2, -0.15) is 0 Å². The first-order valence-electron chi connectivity index (χ1n) is 6.44. The number of rotatable bonds is 2. The average Bonchev–Trinajstić information content (AvgIpc) is 2.89. The molecule has 0 radical (unpaired) electrons. The van der Waals surface area contributed by atoms with E-state index in [1.54, 1.807) is 0 Å². The number of carbonyl (C=O) groups excluding carboxylic acids is 1. The largest absolute Gasteiger partial charge is 0.481 e. The topological polar surface area (TPSA) is 75.6 Å². The minimum Gasteiger partial charge on any atom is -0.481 e. The molecular formula is C13H21NO4. The molecule has 18 heavy (non-hydrogen) atoms. The van der Waals surface area contributed by atoms with Crippen molar-refractivity contribution in [3.05, 3.63) is 0 Å². The van der Waals surface area contributed by atoms with E-state index in [0.717, 1.165) is 0 Å². The second-order valence-electron chi connectivity index (χ2n) is 6.40. The lowest BCUT2D eigenvalue weighted by Gasteiger charge is -2.29. The third-order valence-corrected chi connectivity index (χ3v) is 3.70. The van der Waals surface area contributed by atoms with Crippen LogP contribution < -0.4 is 5.32 Å². The van der Waals surface area contributed by atoms with Crippen LogP contribution in [0.1, 0.15) is 40.0 Å². The van der Waals surface area contributed by atoms with E-state index in [1.807, 2.05) is 20.8 Å². The van der Waals surface area contributed by atoms with Crippen molar-refractivity contribution in [1.29, 1.82) is 0 Å². The molecule has 1 saturated heterocycles. The molecule has 0 aromatic carbocycles. The molecule has 2 fully saturated rings. The lowest BCUT2D eigenvalue weighted by Crippen LogP contribution is -2.45. The van der Waals surface area contributed by atoms with Gasteiger partial charge in [0.25, 0.3) is 0 Å². The smallest absolute Gasteiger partial charge is 0.311 e. The molecule has 102 valence electrons. The van der Waals surface area contributed by atoms with Gasteiger partial charge in [0, 0.05) is 5.54 Å². The van der Waals surface area contributed by atoms with Gasteiger partial charge in [-0.1, -0.05) is 0 Å². The van der Waals surface area contributed by atoms with Crippen molar-refractivity contribution < 1.29 is 19.4 Å². The summed E-state index contributed by atoms with van der Waals surface area (Å²) in [5, 5.41) is 12.4. The van der Waals surface area contributed by atoms with Crippen LogP contribution >= 0.6 is 0 Å². The van der Waals surface area contributed by atoms with E-state index in [2.05, 4.69) is 5.32 Å². The fraction of sp³-hybridized carbons (Fsp3) is 0.846. The molecule has 1 saturated carbocycles. The second-order valence-corrected chi connectivity index (χ2v) is 6.40. The molecule has 3 unspecified atom stereocenters. The quantitative estimate of drug-likeness (QED) is 0.724. The van der Waals surface area contributed by atoms with E-state index in [0.29, 0.717) is 25.8 Å². The Kier molecular flexibility index (Phi) is 3.13. The number of carboxylic acid groups (broad SMARTS) is 1. The average molecular weight is 255 g/mol. The minimum atomic E-state index is -0.759. The van der Waals surface area contributed by atoms with Crippen molar-refractivity contribution >= 4 is 11.9 Å². The summed E-state index contributed by atoms with van der Waals surface area (Å²) in [4.78, 5) is 23.0. The SMILES string of the molecule is CC(C)(C)OC(=O)C1CC12CC(C(=O)O)CCN2. The van der Waals surface area contributed by atoms with E-state index in [9.17, 15) is 9.59 Å². The number of carbonyl (C=O) groups is 2. The maximum absolute atomic E-state index is 12.0. The number of hydrogen-bond acceptors (Lipinski definition) is 4. The zero-order valence-corrected chi connectivity index (χ0v) is 11.2. The maximum atomic E-state index is 12.0. The summed E-state index contributed by atoms with van der Waals surface area (Å²) in [5.41, 5.74) is -0.800. The number of carboxylic acids is 1. The van der Waals surface area contributed by atoms with Crippen molar-refractivity contribution in [2.75, 3.05) is 6.54 Å². The van der Waals surface area contributed by atoms with Gasteiger partial charge >= 0.3 is 11.9 Å². The van der Waals surface area contributed by atoms with Crippen LogP contribution in [0.15, 0.2) is 0 Å². The molecule has 0 aromatic rings. The third-order valence-electron chi connectivity index (χ3n) is 3.70. The highest BCUT2D eigenvalue weighted by Gasteiger charge is 2.61. The fourth-order valence-electron chi connectivity index (χ4n) is 2.73. The predicted molar refractivity (Wildman–Crippen MR) is 65.0 cm³/mol. The maximum Gasteiger partial charge on any atom is 0.311 e. The van der Waals surface area contributed by atoms with Gasteiger partial charge in [-0.3, -0.25) is 9.59 Å². The number of ether oxygens (including phenoxy) is 1. The molecule has 1 heterocycles. The molecule has 2 N–H and O–H groups in total. The Morgan fingerprint density at radius 1 is 1.33 bits per heavy atom. The highest BCUT2D eigenvalue weighted by molar-refractivity contribution is 5.79. The van der Waals surface area contributed by atoms with E-state index < -0.39 is 11.6 Å². The van der Waals surface area contributed by atoms with Gasteiger partial charge in [-0.25, -0.2) is 0 Å². The van der Waals surface area contributed by atoms with E-state index in [-0.39, 0.29) is 23.3 Å². The van der Waals surface area contributed by atoms with Gasteiger partial charge in [0.1, 0.15) is 5.60 Å². The summed E-state index contributed by atoms with van der Waals surface area (Å²) in [6, 6.07) is 0. The van der Waals surface area contributed by atoms with Crippen molar-refractivity contribution in [3.8, 4) is 0 Å². The molecule has 2 aliphatic rings. The Labute approximate surface area is 107 Å². The third kappa shape index (κ3) is 2.66. The molecule has 0 amide bonds. The van der Waals surface area contributed by atoms with Crippen LogP contribution in [0.3, 0.4) is 0 Å². The zero-order valence-electron chi connectivity index (χ0n) is 11.2. The standard InChI is InChI=1S/C13H21NO4/c1-12(2,3)18-11(17)9-7-13(9)6-8(10(15)16)4-5-14-13/h8-9,14H,4-7H2,1-3H3,(H,15,16). The number of aliphatic carboxylic acids is 1. The molecule has 1 aliphatic carbocycles. The van der Waals surface area contributed by atoms with Crippen LogP contribution in [0, 0.1) is 11.8 Å². The summed E-state index contributed by atoms with van der Waals surface area (Å²) < 4.78 is 5.36. The minimum absolute atomic E-state index is 0.182. The molecule has 1 spiro atoms. The van der Waals surface area contributed by atoms with E-state index >= 15 is 0 Å². The van der Waals surface area contributed by atoms with Crippen molar-refractivity contribution in [1.82, 2.24) is 5.32 Å². The van der Waals surface area contributed by atoms with Gasteiger partial charge in [0.2, 0.25) is 0 Å². The predicted octanol–water partition coefficient (Wildman–Crippen LogP) is 1.17. The molecule has 1 aliphatic heterocycles. The van der Waals surface area contributed by atoms with Crippen LogP contribution in [0.25, 0.3) is 0 Å². The summed E-state index contributed by atoms with van der Waals surface area (Å²) in [5.74, 6) is -1.48. The summed E-state index contributed by atoms with van der Waals surface area (Å²) in [7, 11) is 0. The van der Waals surface area contributed by atoms with E-state index in [1.165, 1.54) is 0 Å². The zero-order chi connectivity index (χ0) is 13.6. The van der Waals surface area contributed by atoms with Gasteiger partial charge < -0.3 is 15.2 Å². The summed E-state index contributed by atoms with van der Waals surface area (Å²) >= 11 is 0. The first-order valence-corrected chi connectivity index (χ1v) is 6.44. The second kappa shape index (κ2) is 4.23. The van der Waals surface area contributed by atoms with Crippen molar-refractivity contribution in [3.63, 3.8) is 0 Å². The van der Waals surface area contributed by atoms with Gasteiger partial charge in [0.05, 0.1) is 11.8 Å². The molecule has 5 heteroatoms. The highest BCUT2D eigenvalue weighted by Crippen LogP contribution is 2.51. The van der Waals surface area contributed by atoms with Crippen LogP contribution in [-0.4, -0.2) is 34.7 Å². The Hall–Kier alpha value is -1.10.